The Morgan fingerprint density at radius 3 is 2.16 bits per heavy atom. The van der Waals surface area contributed by atoms with Crippen molar-refractivity contribution >= 4 is 22.7 Å². The van der Waals surface area contributed by atoms with Crippen molar-refractivity contribution in [1.29, 1.82) is 0 Å². The first-order valence-corrected chi connectivity index (χ1v) is 14.2. The summed E-state index contributed by atoms with van der Waals surface area (Å²) in [6, 6.07) is 8.23. The summed E-state index contributed by atoms with van der Waals surface area (Å²) in [5.74, 6) is -2.26. The minimum Gasteiger partial charge on any atom is -0.339 e. The Morgan fingerprint density at radius 2 is 1.49 bits per heavy atom. The number of benzene rings is 1. The monoisotopic (exact) mass is 512 g/mol. The number of halogens is 2. The quantitative estimate of drug-likeness (QED) is 0.566. The van der Waals surface area contributed by atoms with Crippen LogP contribution >= 0.6 is 0 Å². The number of alkyl halides is 2. The van der Waals surface area contributed by atoms with E-state index in [9.17, 15) is 18.4 Å². The second-order valence-electron chi connectivity index (χ2n) is 11.6. The van der Waals surface area contributed by atoms with Crippen LogP contribution in [0.5, 0.6) is 0 Å². The highest BCUT2D eigenvalue weighted by atomic mass is 19.3. The number of piperidine rings is 3. The van der Waals surface area contributed by atoms with Crippen LogP contribution in [0.3, 0.4) is 0 Å². The van der Waals surface area contributed by atoms with Crippen molar-refractivity contribution in [3.8, 4) is 0 Å². The first-order chi connectivity index (χ1) is 17.9. The van der Waals surface area contributed by atoms with Gasteiger partial charge in [-0.3, -0.25) is 9.59 Å². The molecule has 1 aromatic heterocycles. The smallest absolute Gasteiger partial charge is 0.270 e. The zero-order chi connectivity index (χ0) is 25.6. The van der Waals surface area contributed by atoms with Gasteiger partial charge in [0.2, 0.25) is 0 Å². The highest BCUT2D eigenvalue weighted by molar-refractivity contribution is 6.02. The van der Waals surface area contributed by atoms with Gasteiger partial charge in [-0.05, 0) is 81.8 Å². The molecule has 4 aliphatic rings. The first-order valence-electron chi connectivity index (χ1n) is 14.2. The fourth-order valence-corrected chi connectivity index (χ4v) is 6.44. The van der Waals surface area contributed by atoms with Crippen LogP contribution in [-0.2, 0) is 6.54 Å². The molecule has 0 bridgehead atoms. The van der Waals surface area contributed by atoms with Gasteiger partial charge in [0.05, 0.1) is 0 Å². The van der Waals surface area contributed by atoms with E-state index >= 15 is 0 Å². The molecule has 3 saturated heterocycles. The molecule has 1 saturated carbocycles. The lowest BCUT2D eigenvalue weighted by molar-refractivity contribution is -0.0495. The van der Waals surface area contributed by atoms with E-state index in [2.05, 4.69) is 9.47 Å². The third kappa shape index (κ3) is 5.27. The maximum atomic E-state index is 13.7. The number of fused-ring (bicyclic) bond motifs is 1. The predicted molar refractivity (Wildman–Crippen MR) is 139 cm³/mol. The summed E-state index contributed by atoms with van der Waals surface area (Å²) in [5.41, 5.74) is 2.15. The average Bonchev–Trinajstić information content (AvgIpc) is 3.67. The number of rotatable bonds is 5. The lowest BCUT2D eigenvalue weighted by atomic mass is 9.99. The summed E-state index contributed by atoms with van der Waals surface area (Å²) in [7, 11) is 0. The Morgan fingerprint density at radius 1 is 0.811 bits per heavy atom. The van der Waals surface area contributed by atoms with Gasteiger partial charge in [0.25, 0.3) is 17.7 Å². The topological polar surface area (TPSA) is 48.8 Å². The lowest BCUT2D eigenvalue weighted by Crippen LogP contribution is -2.48. The van der Waals surface area contributed by atoms with Crippen LogP contribution in [-0.4, -0.2) is 82.3 Å². The van der Waals surface area contributed by atoms with Gasteiger partial charge in [-0.1, -0.05) is 6.42 Å². The maximum absolute atomic E-state index is 13.7. The summed E-state index contributed by atoms with van der Waals surface area (Å²) >= 11 is 0. The predicted octanol–water partition coefficient (Wildman–Crippen LogP) is 5.01. The van der Waals surface area contributed by atoms with Crippen LogP contribution < -0.4 is 0 Å². The molecule has 2 amide bonds. The summed E-state index contributed by atoms with van der Waals surface area (Å²) in [5, 5.41) is 0.875. The third-order valence-electron chi connectivity index (χ3n) is 8.95. The Hall–Kier alpha value is -2.48. The van der Waals surface area contributed by atoms with Crippen LogP contribution in [0.2, 0.25) is 0 Å². The molecule has 0 unspecified atom stereocenters. The van der Waals surface area contributed by atoms with Crippen molar-refractivity contribution in [2.45, 2.75) is 76.3 Å². The van der Waals surface area contributed by atoms with E-state index in [1.54, 1.807) is 4.90 Å². The minimum absolute atomic E-state index is 0.0556. The minimum atomic E-state index is -2.69. The van der Waals surface area contributed by atoms with E-state index in [-0.39, 0.29) is 37.7 Å². The van der Waals surface area contributed by atoms with Gasteiger partial charge in [-0.15, -0.1) is 0 Å². The zero-order valence-electron chi connectivity index (χ0n) is 21.6. The van der Waals surface area contributed by atoms with Gasteiger partial charge in [0, 0.05) is 68.1 Å². The molecule has 0 atom stereocenters. The molecule has 4 fully saturated rings. The van der Waals surface area contributed by atoms with E-state index < -0.39 is 5.92 Å². The molecule has 0 radical (unpaired) electrons. The first kappa shape index (κ1) is 24.8. The SMILES string of the molecule is O=C(c1ccc2c(c1)cc(C(=O)N1CCC(F)(F)CC1)n2CC1CC1)N1CCC(N2CCCCC2)CC1. The highest BCUT2D eigenvalue weighted by Gasteiger charge is 2.37. The van der Waals surface area contributed by atoms with Crippen LogP contribution in [0.1, 0.15) is 78.6 Å². The van der Waals surface area contributed by atoms with Crippen molar-refractivity contribution in [2.75, 3.05) is 39.3 Å². The lowest BCUT2D eigenvalue weighted by Gasteiger charge is -2.40. The largest absolute Gasteiger partial charge is 0.339 e. The number of hydrogen-bond acceptors (Lipinski definition) is 3. The molecule has 1 aromatic carbocycles. The van der Waals surface area contributed by atoms with E-state index in [0.29, 0.717) is 23.2 Å². The van der Waals surface area contributed by atoms with Crippen molar-refractivity contribution in [3.63, 3.8) is 0 Å². The van der Waals surface area contributed by atoms with Crippen molar-refractivity contribution in [3.05, 3.63) is 35.5 Å². The number of carbonyl (C=O) groups is 2. The fraction of sp³-hybridized carbons (Fsp3) is 0.655. The van der Waals surface area contributed by atoms with Gasteiger partial charge in [0.15, 0.2) is 0 Å². The molecule has 0 N–H and O–H groups in total. The maximum Gasteiger partial charge on any atom is 0.270 e. The number of nitrogens with zero attached hydrogens (tertiary/aromatic N) is 4. The number of aromatic nitrogens is 1. The molecule has 6 rings (SSSR count). The summed E-state index contributed by atoms with van der Waals surface area (Å²) in [4.78, 5) is 33.0. The standard InChI is InChI=1S/C29H38F2N4O2/c30-29(31)10-16-34(17-11-29)28(37)26-19-23-18-22(6-7-25(23)35(26)20-21-4-5-21)27(36)33-14-8-24(9-15-33)32-12-2-1-3-13-32/h6-7,18-19,21,24H,1-5,8-17,20H2. The van der Waals surface area contributed by atoms with E-state index in [1.165, 1.54) is 32.4 Å². The molecule has 2 aromatic rings. The highest BCUT2D eigenvalue weighted by Crippen LogP contribution is 2.35. The Balaban J connectivity index is 1.19. The van der Waals surface area contributed by atoms with Crippen molar-refractivity contribution < 1.29 is 18.4 Å². The van der Waals surface area contributed by atoms with E-state index in [4.69, 9.17) is 0 Å². The molecule has 8 heteroatoms. The van der Waals surface area contributed by atoms with Gasteiger partial charge in [-0.25, -0.2) is 8.78 Å². The van der Waals surface area contributed by atoms with Gasteiger partial charge in [0.1, 0.15) is 5.69 Å². The molecule has 3 aliphatic heterocycles. The Kier molecular flexibility index (Phi) is 6.72. The van der Waals surface area contributed by atoms with Crippen LogP contribution in [0, 0.1) is 5.92 Å². The van der Waals surface area contributed by atoms with Gasteiger partial charge in [-0.2, -0.15) is 0 Å². The molecular formula is C29H38F2N4O2. The molecule has 0 spiro atoms. The summed E-state index contributed by atoms with van der Waals surface area (Å²) in [6.45, 7) is 4.85. The molecule has 200 valence electrons. The van der Waals surface area contributed by atoms with Crippen LogP contribution in [0.4, 0.5) is 8.78 Å². The number of hydrogen-bond donors (Lipinski definition) is 0. The third-order valence-corrected chi connectivity index (χ3v) is 8.95. The second-order valence-corrected chi connectivity index (χ2v) is 11.6. The Bertz CT molecular complexity index is 1150. The molecule has 1 aliphatic carbocycles. The number of likely N-dealkylation sites (tertiary alicyclic amines) is 3. The van der Waals surface area contributed by atoms with E-state index in [0.717, 1.165) is 56.2 Å². The number of amides is 2. The normalized spacial score (nSPS) is 23.5. The van der Waals surface area contributed by atoms with Crippen molar-refractivity contribution in [1.82, 2.24) is 19.3 Å². The molecule has 6 nitrogen and oxygen atoms in total. The number of carbonyl (C=O) groups excluding carboxylic acids is 2. The Labute approximate surface area is 217 Å². The fourth-order valence-electron chi connectivity index (χ4n) is 6.44. The zero-order valence-corrected chi connectivity index (χ0v) is 21.6. The van der Waals surface area contributed by atoms with E-state index in [1.807, 2.05) is 29.2 Å². The molecule has 37 heavy (non-hydrogen) atoms. The van der Waals surface area contributed by atoms with Crippen LogP contribution in [0.25, 0.3) is 10.9 Å². The van der Waals surface area contributed by atoms with Gasteiger partial charge >= 0.3 is 0 Å². The summed E-state index contributed by atoms with van der Waals surface area (Å²) < 4.78 is 29.4. The van der Waals surface area contributed by atoms with Crippen molar-refractivity contribution in [2.24, 2.45) is 5.92 Å². The van der Waals surface area contributed by atoms with Crippen LogP contribution in [0.15, 0.2) is 24.3 Å². The average molecular weight is 513 g/mol. The molecule has 4 heterocycles. The van der Waals surface area contributed by atoms with Gasteiger partial charge < -0.3 is 19.3 Å². The molecular weight excluding hydrogens is 474 g/mol. The summed E-state index contributed by atoms with van der Waals surface area (Å²) in [6.07, 6.45) is 7.69. The second kappa shape index (κ2) is 10.0.